The largest absolute Gasteiger partial charge is 0.481 e. The number of carboxylic acids is 4. The van der Waals surface area contributed by atoms with Gasteiger partial charge in [0.25, 0.3) is 0 Å². The summed E-state index contributed by atoms with van der Waals surface area (Å²) in [6.07, 6.45) is -2.48. The summed E-state index contributed by atoms with van der Waals surface area (Å²) in [5.74, 6) is -13.0. The SMILES string of the molecule is CC(=O)OC[C@H]1[C@H](CC(=O)O)[C@H](CC(=O)O)[C@H](CC(=O)O)[C@@H](c2ccc(Cl)c(C(=O)c3ccc(C(C)=O)cc3)c2)[C@H]1CC(=O)O. The number of carbonyl (C=O) groups is 7. The predicted octanol–water partition coefficient (Wildman–Crippen LogP) is 4.41. The number of hydrogen-bond acceptors (Lipinski definition) is 8. The van der Waals surface area contributed by atoms with Gasteiger partial charge in [0, 0.05) is 55.2 Å². The van der Waals surface area contributed by atoms with Gasteiger partial charge in [-0.2, -0.15) is 0 Å². The molecule has 45 heavy (non-hydrogen) atoms. The molecular formula is C32H33ClO12. The Morgan fingerprint density at radius 2 is 1.09 bits per heavy atom. The fraction of sp³-hybridized carbons (Fsp3) is 0.406. The van der Waals surface area contributed by atoms with E-state index in [4.69, 9.17) is 16.3 Å². The molecule has 1 fully saturated rings. The first-order chi connectivity index (χ1) is 21.1. The maximum atomic E-state index is 13.6. The first-order valence-corrected chi connectivity index (χ1v) is 14.4. The van der Waals surface area contributed by atoms with E-state index in [-0.39, 0.29) is 27.5 Å². The summed E-state index contributed by atoms with van der Waals surface area (Å²) >= 11 is 6.43. The van der Waals surface area contributed by atoms with Crippen LogP contribution in [0.3, 0.4) is 0 Å². The molecule has 6 atom stereocenters. The second-order valence-electron chi connectivity index (χ2n) is 11.2. The third-order valence-corrected chi connectivity index (χ3v) is 8.75. The minimum atomic E-state index is -1.33. The van der Waals surface area contributed by atoms with Crippen LogP contribution in [0.1, 0.15) is 77.3 Å². The quantitative estimate of drug-likeness (QED) is 0.166. The predicted molar refractivity (Wildman–Crippen MR) is 157 cm³/mol. The standard InChI is InChI=1S/C32H33ClO12/c1-15(34)17-3-5-18(6-4-17)32(44)24-9-19(7-8-26(24)33)31-22(12-29(40)41)20(10-27(36)37)21(11-28(38)39)25(14-45-16(2)35)23(31)13-30(42)43/h3-9,20-23,25,31H,10-14H2,1-2H3,(H,36,37)(H,38,39)(H,40,41)(H,42,43)/t20-,21+,22-,23-,25-,31+/m0/s1. The van der Waals surface area contributed by atoms with Crippen molar-refractivity contribution in [3.05, 3.63) is 69.7 Å². The lowest BCUT2D eigenvalue weighted by atomic mass is 9.52. The summed E-state index contributed by atoms with van der Waals surface area (Å²) in [6, 6.07) is 10.1. The number of benzene rings is 2. The van der Waals surface area contributed by atoms with Crippen molar-refractivity contribution in [3.8, 4) is 0 Å². The maximum Gasteiger partial charge on any atom is 0.303 e. The Labute approximate surface area is 263 Å². The molecule has 0 amide bonds. The lowest BCUT2D eigenvalue weighted by Gasteiger charge is -2.51. The molecule has 2 aromatic rings. The highest BCUT2D eigenvalue weighted by molar-refractivity contribution is 6.35. The van der Waals surface area contributed by atoms with Crippen molar-refractivity contribution < 1.29 is 58.7 Å². The third kappa shape index (κ3) is 8.75. The number of esters is 1. The van der Waals surface area contributed by atoms with Crippen molar-refractivity contribution >= 4 is 53.0 Å². The summed E-state index contributed by atoms with van der Waals surface area (Å²) in [4.78, 5) is 85.5. The second-order valence-corrected chi connectivity index (χ2v) is 11.6. The van der Waals surface area contributed by atoms with Crippen molar-refractivity contribution in [3.63, 3.8) is 0 Å². The minimum Gasteiger partial charge on any atom is -0.481 e. The second kappa shape index (κ2) is 14.9. The van der Waals surface area contributed by atoms with Crippen LogP contribution < -0.4 is 0 Å². The molecule has 0 saturated heterocycles. The fourth-order valence-electron chi connectivity index (χ4n) is 6.66. The monoisotopic (exact) mass is 644 g/mol. The molecule has 0 unspecified atom stereocenters. The molecule has 1 aliphatic rings. The van der Waals surface area contributed by atoms with Crippen LogP contribution in [-0.2, 0) is 28.7 Å². The Morgan fingerprint density at radius 3 is 1.56 bits per heavy atom. The number of Topliss-reactive ketones (excluding diaryl/α,β-unsaturated/α-hetero) is 1. The zero-order valence-electron chi connectivity index (χ0n) is 24.5. The van der Waals surface area contributed by atoms with Crippen molar-refractivity contribution in [2.45, 2.75) is 45.4 Å². The Bertz CT molecular complexity index is 1500. The highest BCUT2D eigenvalue weighted by Crippen LogP contribution is 2.55. The zero-order chi connectivity index (χ0) is 33.6. The van der Waals surface area contributed by atoms with Crippen molar-refractivity contribution in [1.29, 1.82) is 0 Å². The molecule has 1 aliphatic carbocycles. The van der Waals surface area contributed by atoms with Gasteiger partial charge >= 0.3 is 29.8 Å². The topological polar surface area (TPSA) is 210 Å². The lowest BCUT2D eigenvalue weighted by Crippen LogP contribution is -2.49. The first kappa shape index (κ1) is 34.9. The molecule has 4 N–H and O–H groups in total. The average Bonchev–Trinajstić information content (AvgIpc) is 2.94. The number of aliphatic carboxylic acids is 4. The van der Waals surface area contributed by atoms with E-state index in [1.165, 1.54) is 49.4 Å². The van der Waals surface area contributed by atoms with E-state index in [9.17, 15) is 54.0 Å². The van der Waals surface area contributed by atoms with Crippen molar-refractivity contribution in [1.82, 2.24) is 0 Å². The molecule has 1 saturated carbocycles. The van der Waals surface area contributed by atoms with Gasteiger partial charge < -0.3 is 25.2 Å². The summed E-state index contributed by atoms with van der Waals surface area (Å²) in [7, 11) is 0. The normalized spacial score (nSPS) is 22.6. The van der Waals surface area contributed by atoms with E-state index in [2.05, 4.69) is 0 Å². The van der Waals surface area contributed by atoms with Crippen LogP contribution in [0.15, 0.2) is 42.5 Å². The molecule has 0 spiro atoms. The van der Waals surface area contributed by atoms with Crippen molar-refractivity contribution in [2.75, 3.05) is 6.61 Å². The summed E-state index contributed by atoms with van der Waals surface area (Å²) < 4.78 is 5.24. The zero-order valence-corrected chi connectivity index (χ0v) is 25.2. The van der Waals surface area contributed by atoms with Crippen LogP contribution in [-0.4, -0.2) is 68.4 Å². The molecule has 13 heteroatoms. The number of ketones is 2. The molecule has 0 aromatic heterocycles. The Hall–Kier alpha value is -4.58. The molecule has 3 rings (SSSR count). The summed E-state index contributed by atoms with van der Waals surface area (Å²) in [6.45, 7) is 2.05. The number of rotatable bonds is 14. The molecule has 240 valence electrons. The number of halogens is 1. The van der Waals surface area contributed by atoms with Gasteiger partial charge in [-0.3, -0.25) is 33.6 Å². The molecule has 0 radical (unpaired) electrons. The van der Waals surface area contributed by atoms with Gasteiger partial charge in [-0.25, -0.2) is 0 Å². The van der Waals surface area contributed by atoms with Crippen molar-refractivity contribution in [2.24, 2.45) is 29.6 Å². The molecule has 0 aliphatic heterocycles. The lowest BCUT2D eigenvalue weighted by molar-refractivity contribution is -0.155. The minimum absolute atomic E-state index is 0.00753. The molecule has 0 bridgehead atoms. The Morgan fingerprint density at radius 1 is 0.644 bits per heavy atom. The summed E-state index contributed by atoms with van der Waals surface area (Å²) in [5, 5.41) is 39.5. The van der Waals surface area contributed by atoms with Gasteiger partial charge in [0.1, 0.15) is 0 Å². The van der Waals surface area contributed by atoms with Crippen LogP contribution >= 0.6 is 11.6 Å². The Kier molecular flexibility index (Phi) is 11.6. The van der Waals surface area contributed by atoms with E-state index < -0.39 is 103 Å². The molecular weight excluding hydrogens is 612 g/mol. The number of ether oxygens (including phenoxy) is 1. The number of hydrogen-bond donors (Lipinski definition) is 4. The van der Waals surface area contributed by atoms with E-state index in [0.29, 0.717) is 5.56 Å². The van der Waals surface area contributed by atoms with E-state index in [0.717, 1.165) is 6.92 Å². The molecule has 2 aromatic carbocycles. The van der Waals surface area contributed by atoms with Crippen LogP contribution in [0.5, 0.6) is 0 Å². The van der Waals surface area contributed by atoms with Gasteiger partial charge in [-0.05, 0) is 54.2 Å². The summed E-state index contributed by atoms with van der Waals surface area (Å²) in [5.41, 5.74) is 0.843. The highest BCUT2D eigenvalue weighted by Gasteiger charge is 2.53. The molecule has 12 nitrogen and oxygen atoms in total. The van der Waals surface area contributed by atoms with E-state index in [1.54, 1.807) is 0 Å². The number of carbonyl (C=O) groups excluding carboxylic acids is 3. The third-order valence-electron chi connectivity index (χ3n) is 8.42. The highest BCUT2D eigenvalue weighted by atomic mass is 35.5. The number of carboxylic acid groups (broad SMARTS) is 4. The van der Waals surface area contributed by atoms with Gasteiger partial charge in [0.2, 0.25) is 0 Å². The average molecular weight is 645 g/mol. The Balaban J connectivity index is 2.27. The van der Waals surface area contributed by atoms with Crippen LogP contribution in [0.25, 0.3) is 0 Å². The maximum absolute atomic E-state index is 13.6. The smallest absolute Gasteiger partial charge is 0.303 e. The molecule has 0 heterocycles. The van der Waals surface area contributed by atoms with Gasteiger partial charge in [-0.15, -0.1) is 0 Å². The first-order valence-electron chi connectivity index (χ1n) is 14.1. The van der Waals surface area contributed by atoms with E-state index in [1.807, 2.05) is 0 Å². The van der Waals surface area contributed by atoms with Crippen LogP contribution in [0.4, 0.5) is 0 Å². The van der Waals surface area contributed by atoms with E-state index >= 15 is 0 Å². The van der Waals surface area contributed by atoms with Crippen LogP contribution in [0.2, 0.25) is 5.02 Å². The van der Waals surface area contributed by atoms with Gasteiger partial charge in [0.05, 0.1) is 11.6 Å². The van der Waals surface area contributed by atoms with Gasteiger partial charge in [0.15, 0.2) is 11.6 Å². The fourth-order valence-corrected chi connectivity index (χ4v) is 6.87. The van der Waals surface area contributed by atoms with Crippen LogP contribution in [0, 0.1) is 29.6 Å². The van der Waals surface area contributed by atoms with Gasteiger partial charge in [-0.1, -0.05) is 41.9 Å².